The quantitative estimate of drug-likeness (QED) is 0.166. The molecule has 13 rings (SSSR count). The second kappa shape index (κ2) is 13.5. The molecule has 288 valence electrons. The second-order valence-corrected chi connectivity index (χ2v) is 15.9. The Labute approximate surface area is 356 Å². The first kappa shape index (κ1) is 34.4. The zero-order chi connectivity index (χ0) is 40.7. The molecule has 0 spiro atoms. The maximum atomic E-state index is 4.97. The van der Waals surface area contributed by atoms with E-state index in [1.807, 2.05) is 0 Å². The first-order valence-electron chi connectivity index (χ1n) is 20.9. The summed E-state index contributed by atoms with van der Waals surface area (Å²) < 4.78 is 0. The van der Waals surface area contributed by atoms with Crippen LogP contribution < -0.4 is 9.80 Å². The summed E-state index contributed by atoms with van der Waals surface area (Å²) in [7, 11) is 0. The van der Waals surface area contributed by atoms with Gasteiger partial charge < -0.3 is 9.80 Å². The zero-order valence-electron chi connectivity index (χ0n) is 33.3. The standard InChI is InChI=1S/C56H34N6/c1-3-11-35(12-4-1)37-19-23-41-43-25-21-39(33-47(43)55-53(45(41)31-37)57-27-29-59-55)61-49-15-7-9-17-51(49)62(52-18-10-8-16-50(52)61)40-22-26-44-42-24-20-38(36-13-5-2-6-14-36)32-46(42)54-56(48(44)34-40)60-30-28-58-54/h1-34H. The summed E-state index contributed by atoms with van der Waals surface area (Å²) in [4.78, 5) is 24.6. The molecule has 0 saturated carbocycles. The number of anilines is 6. The van der Waals surface area contributed by atoms with E-state index in [0.717, 1.165) is 110 Å². The Balaban J connectivity index is 0.979. The molecular formula is C56H34N6. The van der Waals surface area contributed by atoms with Crippen LogP contribution in [0.3, 0.4) is 0 Å². The van der Waals surface area contributed by atoms with E-state index in [9.17, 15) is 0 Å². The van der Waals surface area contributed by atoms with Gasteiger partial charge in [0.1, 0.15) is 0 Å². The Morgan fingerprint density at radius 1 is 0.242 bits per heavy atom. The fourth-order valence-corrected chi connectivity index (χ4v) is 9.74. The highest BCUT2D eigenvalue weighted by molar-refractivity contribution is 6.25. The summed E-state index contributed by atoms with van der Waals surface area (Å²) in [5.41, 5.74) is 14.6. The van der Waals surface area contributed by atoms with E-state index < -0.39 is 0 Å². The molecule has 62 heavy (non-hydrogen) atoms. The molecule has 1 aliphatic rings. The lowest BCUT2D eigenvalue weighted by molar-refractivity contribution is 1.17. The molecule has 12 aromatic rings. The molecule has 0 N–H and O–H groups in total. The third-order valence-electron chi connectivity index (χ3n) is 12.5. The van der Waals surface area contributed by atoms with Gasteiger partial charge in [0.2, 0.25) is 0 Å². The van der Waals surface area contributed by atoms with Crippen molar-refractivity contribution in [3.05, 3.63) is 207 Å². The molecule has 1 aliphatic heterocycles. The topological polar surface area (TPSA) is 58.0 Å². The molecule has 0 saturated heterocycles. The minimum absolute atomic E-state index is 0.887. The summed E-state index contributed by atoms with van der Waals surface area (Å²) in [5, 5.41) is 8.92. The molecule has 2 aromatic heterocycles. The molecule has 0 amide bonds. The molecule has 0 bridgehead atoms. The molecule has 0 unspecified atom stereocenters. The molecule has 0 atom stereocenters. The maximum Gasteiger partial charge on any atom is 0.0972 e. The average molecular weight is 791 g/mol. The molecule has 6 nitrogen and oxygen atoms in total. The van der Waals surface area contributed by atoms with Crippen LogP contribution in [0.1, 0.15) is 0 Å². The lowest BCUT2D eigenvalue weighted by atomic mass is 9.94. The predicted molar refractivity (Wildman–Crippen MR) is 256 cm³/mol. The third-order valence-corrected chi connectivity index (χ3v) is 12.5. The molecular weight excluding hydrogens is 757 g/mol. The average Bonchev–Trinajstić information content (AvgIpc) is 3.35. The first-order valence-corrected chi connectivity index (χ1v) is 20.9. The highest BCUT2D eigenvalue weighted by Gasteiger charge is 2.31. The van der Waals surface area contributed by atoms with Gasteiger partial charge >= 0.3 is 0 Å². The smallest absolute Gasteiger partial charge is 0.0972 e. The number of rotatable bonds is 4. The van der Waals surface area contributed by atoms with Crippen molar-refractivity contribution in [2.75, 3.05) is 9.80 Å². The summed E-state index contributed by atoms with van der Waals surface area (Å²) in [5.74, 6) is 0. The monoisotopic (exact) mass is 790 g/mol. The second-order valence-electron chi connectivity index (χ2n) is 15.9. The van der Waals surface area contributed by atoms with Gasteiger partial charge in [0.05, 0.1) is 44.8 Å². The minimum atomic E-state index is 0.887. The number of para-hydroxylation sites is 4. The van der Waals surface area contributed by atoms with E-state index in [1.54, 1.807) is 24.8 Å². The van der Waals surface area contributed by atoms with E-state index in [1.165, 1.54) is 11.1 Å². The summed E-state index contributed by atoms with van der Waals surface area (Å²) in [6.45, 7) is 0. The fourth-order valence-electron chi connectivity index (χ4n) is 9.74. The van der Waals surface area contributed by atoms with Crippen molar-refractivity contribution in [3.8, 4) is 22.3 Å². The molecule has 10 aromatic carbocycles. The van der Waals surface area contributed by atoms with Gasteiger partial charge in [-0.25, -0.2) is 0 Å². The van der Waals surface area contributed by atoms with Crippen LogP contribution in [0.25, 0.3) is 87.4 Å². The normalized spacial score (nSPS) is 12.5. The van der Waals surface area contributed by atoms with Gasteiger partial charge in [0.15, 0.2) is 0 Å². The number of hydrogen-bond donors (Lipinski definition) is 0. The van der Waals surface area contributed by atoms with E-state index >= 15 is 0 Å². The van der Waals surface area contributed by atoms with Crippen molar-refractivity contribution in [2.45, 2.75) is 0 Å². The lowest BCUT2D eigenvalue weighted by Crippen LogP contribution is -2.23. The Kier molecular flexibility index (Phi) is 7.50. The summed E-state index contributed by atoms with van der Waals surface area (Å²) in [6, 6.07) is 65.4. The van der Waals surface area contributed by atoms with Crippen molar-refractivity contribution in [3.63, 3.8) is 0 Å². The van der Waals surface area contributed by atoms with Crippen molar-refractivity contribution < 1.29 is 0 Å². The number of benzene rings is 10. The van der Waals surface area contributed by atoms with Gasteiger partial charge in [0.25, 0.3) is 0 Å². The lowest BCUT2D eigenvalue weighted by Gasteiger charge is -2.40. The minimum Gasteiger partial charge on any atom is -0.306 e. The fraction of sp³-hybridized carbons (Fsp3) is 0. The van der Waals surface area contributed by atoms with Crippen molar-refractivity contribution in [1.82, 2.24) is 19.9 Å². The van der Waals surface area contributed by atoms with Gasteiger partial charge in [-0.2, -0.15) is 0 Å². The highest BCUT2D eigenvalue weighted by Crippen LogP contribution is 2.55. The van der Waals surface area contributed by atoms with E-state index in [4.69, 9.17) is 19.9 Å². The molecule has 0 radical (unpaired) electrons. The van der Waals surface area contributed by atoms with Crippen molar-refractivity contribution in [1.29, 1.82) is 0 Å². The maximum absolute atomic E-state index is 4.97. The summed E-state index contributed by atoms with van der Waals surface area (Å²) in [6.07, 6.45) is 7.19. The van der Waals surface area contributed by atoms with Crippen LogP contribution in [-0.4, -0.2) is 19.9 Å². The third kappa shape index (κ3) is 5.17. The van der Waals surface area contributed by atoms with Crippen molar-refractivity contribution >= 4 is 99.3 Å². The van der Waals surface area contributed by atoms with Crippen LogP contribution in [0.2, 0.25) is 0 Å². The van der Waals surface area contributed by atoms with Gasteiger partial charge in [-0.05, 0) is 104 Å². The number of fused-ring (bicyclic) bond motifs is 14. The number of aromatic nitrogens is 4. The Morgan fingerprint density at radius 2 is 0.548 bits per heavy atom. The first-order chi connectivity index (χ1) is 30.8. The van der Waals surface area contributed by atoms with Gasteiger partial charge in [-0.3, -0.25) is 19.9 Å². The van der Waals surface area contributed by atoms with Gasteiger partial charge in [-0.1, -0.05) is 121 Å². The Bertz CT molecular complexity index is 3440. The number of nitrogens with zero attached hydrogens (tertiary/aromatic N) is 6. The van der Waals surface area contributed by atoms with E-state index in [0.29, 0.717) is 0 Å². The van der Waals surface area contributed by atoms with Crippen LogP contribution in [0.15, 0.2) is 207 Å². The van der Waals surface area contributed by atoms with Gasteiger partial charge in [0, 0.05) is 57.7 Å². The van der Waals surface area contributed by atoms with Crippen LogP contribution >= 0.6 is 0 Å². The van der Waals surface area contributed by atoms with Crippen LogP contribution in [0, 0.1) is 0 Å². The predicted octanol–water partition coefficient (Wildman–Crippen LogP) is 14.8. The SMILES string of the molecule is c1ccc(-c2ccc3c4ccc(N5c6ccccc6N(c6ccc7c8ccc(-c9ccccc9)cc8c8nccnc8c7c6)c6ccccc65)cc4c4nccnc4c3c2)cc1. The Hall–Kier alpha value is -8.48. The number of hydrogen-bond acceptors (Lipinski definition) is 6. The zero-order valence-corrected chi connectivity index (χ0v) is 33.3. The Morgan fingerprint density at radius 3 is 0.903 bits per heavy atom. The van der Waals surface area contributed by atoms with Crippen LogP contribution in [0.4, 0.5) is 34.1 Å². The van der Waals surface area contributed by atoms with Gasteiger partial charge in [-0.15, -0.1) is 0 Å². The van der Waals surface area contributed by atoms with Crippen molar-refractivity contribution in [2.24, 2.45) is 0 Å². The molecule has 0 aliphatic carbocycles. The summed E-state index contributed by atoms with van der Waals surface area (Å²) >= 11 is 0. The van der Waals surface area contributed by atoms with Crippen LogP contribution in [-0.2, 0) is 0 Å². The molecule has 3 heterocycles. The largest absolute Gasteiger partial charge is 0.306 e. The van der Waals surface area contributed by atoms with E-state index in [2.05, 4.69) is 192 Å². The van der Waals surface area contributed by atoms with Crippen LogP contribution in [0.5, 0.6) is 0 Å². The van der Waals surface area contributed by atoms with E-state index in [-0.39, 0.29) is 0 Å². The molecule has 6 heteroatoms. The highest BCUT2D eigenvalue weighted by atomic mass is 15.3. The molecule has 0 fully saturated rings.